The van der Waals surface area contributed by atoms with Crippen molar-refractivity contribution in [3.05, 3.63) is 41.2 Å². The lowest BCUT2D eigenvalue weighted by Crippen LogP contribution is -2.26. The van der Waals surface area contributed by atoms with Crippen LogP contribution < -0.4 is 5.73 Å². The molecule has 2 aromatic rings. The van der Waals surface area contributed by atoms with Crippen molar-refractivity contribution in [2.75, 3.05) is 12.8 Å². The topological polar surface area (TPSA) is 92.1 Å². The van der Waals surface area contributed by atoms with E-state index in [1.165, 1.54) is 29.6 Å². The van der Waals surface area contributed by atoms with Crippen LogP contribution in [0.25, 0.3) is 0 Å². The lowest BCUT2D eigenvalue weighted by molar-refractivity contribution is 0.467. The van der Waals surface area contributed by atoms with Gasteiger partial charge in [-0.15, -0.1) is 0 Å². The maximum absolute atomic E-state index is 12.4. The molecule has 8 heteroatoms. The van der Waals surface area contributed by atoms with Crippen LogP contribution in [0.15, 0.2) is 35.5 Å². The Labute approximate surface area is 116 Å². The first-order chi connectivity index (χ1) is 8.91. The molecule has 6 nitrogen and oxygen atoms in total. The second kappa shape index (κ2) is 5.20. The summed E-state index contributed by atoms with van der Waals surface area (Å²) in [5.41, 5.74) is 6.73. The maximum atomic E-state index is 12.4. The van der Waals surface area contributed by atoms with Gasteiger partial charge in [0.15, 0.2) is 0 Å². The molecule has 0 saturated carbocycles. The maximum Gasteiger partial charge on any atom is 0.244 e. The van der Waals surface area contributed by atoms with Gasteiger partial charge in [-0.2, -0.15) is 9.40 Å². The molecule has 1 aromatic heterocycles. The third-order valence-electron chi connectivity index (χ3n) is 2.60. The molecule has 0 bridgehead atoms. The molecule has 2 rings (SSSR count). The Balaban J connectivity index is 2.31. The summed E-state index contributed by atoms with van der Waals surface area (Å²) in [5, 5.41) is 6.51. The molecular weight excluding hydrogens is 288 g/mol. The van der Waals surface area contributed by atoms with E-state index >= 15 is 0 Å². The van der Waals surface area contributed by atoms with E-state index in [2.05, 4.69) is 10.2 Å². The summed E-state index contributed by atoms with van der Waals surface area (Å²) in [5.74, 6) is 0. The van der Waals surface area contributed by atoms with Crippen LogP contribution in [0.5, 0.6) is 0 Å². The van der Waals surface area contributed by atoms with Crippen molar-refractivity contribution < 1.29 is 8.42 Å². The SMILES string of the molecule is CN(Cc1cn[nH]c1)S(=O)(=O)c1ccc(N)cc1Cl. The summed E-state index contributed by atoms with van der Waals surface area (Å²) in [6.07, 6.45) is 3.20. The molecule has 0 fully saturated rings. The minimum absolute atomic E-state index is 0.0364. The first kappa shape index (κ1) is 13.9. The van der Waals surface area contributed by atoms with Crippen LogP contribution in [0.3, 0.4) is 0 Å². The van der Waals surface area contributed by atoms with Crippen LogP contribution in [0.4, 0.5) is 5.69 Å². The van der Waals surface area contributed by atoms with Gasteiger partial charge in [0, 0.05) is 31.0 Å². The molecule has 0 aliphatic rings. The van der Waals surface area contributed by atoms with Gasteiger partial charge in [0.2, 0.25) is 10.0 Å². The Morgan fingerprint density at radius 2 is 2.21 bits per heavy atom. The van der Waals surface area contributed by atoms with Gasteiger partial charge in [0.1, 0.15) is 4.90 Å². The number of sulfonamides is 1. The van der Waals surface area contributed by atoms with E-state index in [9.17, 15) is 8.42 Å². The van der Waals surface area contributed by atoms with Crippen LogP contribution in [0.1, 0.15) is 5.56 Å². The Hall–Kier alpha value is -1.57. The van der Waals surface area contributed by atoms with E-state index in [1.54, 1.807) is 12.4 Å². The molecule has 102 valence electrons. The number of aromatic amines is 1. The number of aromatic nitrogens is 2. The Morgan fingerprint density at radius 1 is 1.47 bits per heavy atom. The zero-order valence-corrected chi connectivity index (χ0v) is 11.7. The number of halogens is 1. The lowest BCUT2D eigenvalue weighted by Gasteiger charge is -2.17. The van der Waals surface area contributed by atoms with Gasteiger partial charge in [-0.3, -0.25) is 5.10 Å². The van der Waals surface area contributed by atoms with Crippen molar-refractivity contribution in [2.45, 2.75) is 11.4 Å². The van der Waals surface area contributed by atoms with E-state index in [1.807, 2.05) is 0 Å². The largest absolute Gasteiger partial charge is 0.399 e. The minimum Gasteiger partial charge on any atom is -0.399 e. The molecule has 0 saturated heterocycles. The van der Waals surface area contributed by atoms with Gasteiger partial charge < -0.3 is 5.73 Å². The van der Waals surface area contributed by atoms with Gasteiger partial charge in [-0.1, -0.05) is 11.6 Å². The third kappa shape index (κ3) is 2.89. The van der Waals surface area contributed by atoms with Crippen LogP contribution in [-0.4, -0.2) is 30.0 Å². The van der Waals surface area contributed by atoms with Gasteiger partial charge in [0.25, 0.3) is 0 Å². The number of hydrogen-bond donors (Lipinski definition) is 2. The fraction of sp³-hybridized carbons (Fsp3) is 0.182. The van der Waals surface area contributed by atoms with Gasteiger partial charge in [-0.25, -0.2) is 8.42 Å². The summed E-state index contributed by atoms with van der Waals surface area (Å²) in [6.45, 7) is 0.208. The third-order valence-corrected chi connectivity index (χ3v) is 4.89. The first-order valence-electron chi connectivity index (χ1n) is 5.40. The molecule has 1 aromatic carbocycles. The normalized spacial score (nSPS) is 11.9. The van der Waals surface area contributed by atoms with Gasteiger partial charge >= 0.3 is 0 Å². The minimum atomic E-state index is -3.66. The number of H-pyrrole nitrogens is 1. The molecule has 19 heavy (non-hydrogen) atoms. The highest BCUT2D eigenvalue weighted by Crippen LogP contribution is 2.26. The predicted octanol–water partition coefficient (Wildman–Crippen LogP) is 1.47. The monoisotopic (exact) mass is 300 g/mol. The van der Waals surface area contributed by atoms with E-state index < -0.39 is 10.0 Å². The average Bonchev–Trinajstić information content (AvgIpc) is 2.81. The van der Waals surface area contributed by atoms with Crippen molar-refractivity contribution in [1.29, 1.82) is 0 Å². The zero-order chi connectivity index (χ0) is 14.0. The number of nitrogen functional groups attached to an aromatic ring is 1. The van der Waals surface area contributed by atoms with E-state index in [0.717, 1.165) is 5.56 Å². The molecule has 0 aliphatic carbocycles. The molecule has 1 heterocycles. The van der Waals surface area contributed by atoms with Crippen LogP contribution in [-0.2, 0) is 16.6 Å². The molecule has 0 atom stereocenters. The van der Waals surface area contributed by atoms with Crippen molar-refractivity contribution in [3.8, 4) is 0 Å². The van der Waals surface area contributed by atoms with Crippen molar-refractivity contribution in [1.82, 2.24) is 14.5 Å². The smallest absolute Gasteiger partial charge is 0.244 e. The van der Waals surface area contributed by atoms with Gasteiger partial charge in [0.05, 0.1) is 11.2 Å². The summed E-state index contributed by atoms with van der Waals surface area (Å²) in [4.78, 5) is 0.0364. The number of rotatable bonds is 4. The van der Waals surface area contributed by atoms with Crippen LogP contribution in [0.2, 0.25) is 5.02 Å². The van der Waals surface area contributed by atoms with Crippen molar-refractivity contribution in [3.63, 3.8) is 0 Å². The second-order valence-corrected chi connectivity index (χ2v) is 6.48. The highest BCUT2D eigenvalue weighted by Gasteiger charge is 2.23. The molecule has 3 N–H and O–H groups in total. The molecule has 0 radical (unpaired) electrons. The summed E-state index contributed by atoms with van der Waals surface area (Å²) in [7, 11) is -2.18. The molecule has 0 amide bonds. The van der Waals surface area contributed by atoms with E-state index in [4.69, 9.17) is 17.3 Å². The number of nitrogens with zero attached hydrogens (tertiary/aromatic N) is 2. The molecule has 0 aliphatic heterocycles. The Kier molecular flexibility index (Phi) is 3.79. The number of benzene rings is 1. The highest BCUT2D eigenvalue weighted by molar-refractivity contribution is 7.89. The predicted molar refractivity (Wildman–Crippen MR) is 73.1 cm³/mol. The highest BCUT2D eigenvalue weighted by atomic mass is 35.5. The van der Waals surface area contributed by atoms with Gasteiger partial charge in [-0.05, 0) is 18.2 Å². The first-order valence-corrected chi connectivity index (χ1v) is 7.22. The Bertz CT molecular complexity index is 670. The number of hydrogen-bond acceptors (Lipinski definition) is 4. The van der Waals surface area contributed by atoms with E-state index in [-0.39, 0.29) is 16.5 Å². The summed E-state index contributed by atoms with van der Waals surface area (Å²) < 4.78 is 25.9. The lowest BCUT2D eigenvalue weighted by atomic mass is 10.3. The summed E-state index contributed by atoms with van der Waals surface area (Å²) in [6, 6.07) is 4.32. The second-order valence-electron chi connectivity index (χ2n) is 4.06. The average molecular weight is 301 g/mol. The van der Waals surface area contributed by atoms with Crippen molar-refractivity contribution in [2.24, 2.45) is 0 Å². The number of nitrogens with one attached hydrogen (secondary N) is 1. The van der Waals surface area contributed by atoms with Crippen molar-refractivity contribution >= 4 is 27.3 Å². The summed E-state index contributed by atoms with van der Waals surface area (Å²) >= 11 is 5.94. The molecule has 0 unspecified atom stereocenters. The van der Waals surface area contributed by atoms with Crippen LogP contribution in [0, 0.1) is 0 Å². The fourth-order valence-electron chi connectivity index (χ4n) is 1.60. The zero-order valence-electron chi connectivity index (χ0n) is 10.2. The molecular formula is C11H13ClN4O2S. The number of nitrogens with two attached hydrogens (primary N) is 1. The fourth-order valence-corrected chi connectivity index (χ4v) is 3.28. The number of anilines is 1. The molecule has 0 spiro atoms. The standard InChI is InChI=1S/C11H13ClN4O2S/c1-16(7-8-5-14-15-6-8)19(17,18)11-3-2-9(13)4-10(11)12/h2-6H,7,13H2,1H3,(H,14,15). The van der Waals surface area contributed by atoms with E-state index in [0.29, 0.717) is 5.69 Å². The Morgan fingerprint density at radius 3 is 2.79 bits per heavy atom. The quantitative estimate of drug-likeness (QED) is 0.836. The van der Waals surface area contributed by atoms with Crippen LogP contribution >= 0.6 is 11.6 Å².